The number of thiazole rings is 1. The summed E-state index contributed by atoms with van der Waals surface area (Å²) in [5.74, 6) is -7.30. The van der Waals surface area contributed by atoms with E-state index in [0.29, 0.717) is 6.04 Å². The molecule has 1 aromatic heterocycles. The first-order valence-electron chi connectivity index (χ1n) is 13.6. The summed E-state index contributed by atoms with van der Waals surface area (Å²) in [6.07, 6.45) is 1.29. The Kier molecular flexibility index (Phi) is 14.3. The minimum absolute atomic E-state index is 0.150. The monoisotopic (exact) mass is 618 g/mol. The van der Waals surface area contributed by atoms with Gasteiger partial charge in [-0.15, -0.1) is 0 Å². The van der Waals surface area contributed by atoms with E-state index in [1.54, 1.807) is 11.3 Å². The van der Waals surface area contributed by atoms with Crippen LogP contribution in [0.2, 0.25) is 0 Å². The van der Waals surface area contributed by atoms with Gasteiger partial charge in [0.05, 0.1) is 16.3 Å². The lowest BCUT2D eigenvalue weighted by Gasteiger charge is -2.36. The van der Waals surface area contributed by atoms with Crippen LogP contribution in [0.4, 0.5) is 5.69 Å². The molecule has 0 spiro atoms. The summed E-state index contributed by atoms with van der Waals surface area (Å²) >= 11 is 1.62. The molecule has 14 heteroatoms. The molecule has 5 N–H and O–H groups in total. The number of fused-ring (bicyclic) bond motifs is 1. The van der Waals surface area contributed by atoms with Crippen LogP contribution in [0.1, 0.15) is 26.3 Å². The number of nitrogens with zero attached hydrogens (tertiary/aromatic N) is 3. The Labute approximate surface area is 253 Å². The maximum atomic E-state index is 9.10. The highest BCUT2D eigenvalue weighted by Crippen LogP contribution is 2.30. The van der Waals surface area contributed by atoms with Crippen LogP contribution in [0.5, 0.6) is 5.19 Å². The van der Waals surface area contributed by atoms with Crippen molar-refractivity contribution in [2.45, 2.75) is 39.3 Å². The van der Waals surface area contributed by atoms with Crippen LogP contribution in [0.15, 0.2) is 48.5 Å². The van der Waals surface area contributed by atoms with E-state index in [1.807, 2.05) is 13.8 Å². The smallest absolute Gasteiger partial charge is 0.414 e. The summed E-state index contributed by atoms with van der Waals surface area (Å²) in [7, 11) is 0. The SMILES string of the molecule is CC(CN1CCN(CCc2ccccc2)CC1)Nc1ccc2nc(OC(C)C)sc2c1.O=C(O)C(=O)O.O=C(O)C(=O)O. The molecule has 0 saturated carbocycles. The largest absolute Gasteiger partial charge is 0.473 e. The Balaban J connectivity index is 0.000000455. The van der Waals surface area contributed by atoms with Gasteiger partial charge in [-0.25, -0.2) is 24.2 Å². The van der Waals surface area contributed by atoms with Crippen LogP contribution in [0.25, 0.3) is 10.2 Å². The zero-order valence-electron chi connectivity index (χ0n) is 24.3. The zero-order valence-corrected chi connectivity index (χ0v) is 25.1. The van der Waals surface area contributed by atoms with Gasteiger partial charge in [0.2, 0.25) is 0 Å². The summed E-state index contributed by atoms with van der Waals surface area (Å²) in [5.41, 5.74) is 3.59. The third-order valence-corrected chi connectivity index (χ3v) is 6.95. The highest BCUT2D eigenvalue weighted by Gasteiger charge is 2.18. The first-order chi connectivity index (χ1) is 20.3. The number of carboxylic acid groups (broad SMARTS) is 4. The number of carboxylic acids is 4. The number of hydrogen-bond acceptors (Lipinski definition) is 10. The molecule has 43 heavy (non-hydrogen) atoms. The Morgan fingerprint density at radius 2 is 1.42 bits per heavy atom. The van der Waals surface area contributed by atoms with E-state index in [4.69, 9.17) is 44.3 Å². The number of ether oxygens (including phenoxy) is 1. The van der Waals surface area contributed by atoms with Gasteiger partial charge in [-0.05, 0) is 51.0 Å². The number of piperazine rings is 1. The highest BCUT2D eigenvalue weighted by atomic mass is 32.1. The number of nitrogens with one attached hydrogen (secondary N) is 1. The lowest BCUT2D eigenvalue weighted by Crippen LogP contribution is -2.49. The molecule has 0 bridgehead atoms. The quantitative estimate of drug-likeness (QED) is 0.220. The second-order valence-corrected chi connectivity index (χ2v) is 11.0. The summed E-state index contributed by atoms with van der Waals surface area (Å²) in [6.45, 7) is 13.2. The normalized spacial score (nSPS) is 14.0. The second kappa shape index (κ2) is 17.6. The molecule has 1 saturated heterocycles. The van der Waals surface area contributed by atoms with Crippen LogP contribution in [-0.4, -0.2) is 111 Å². The molecule has 1 atom stereocenters. The van der Waals surface area contributed by atoms with Crippen LogP contribution in [0, 0.1) is 0 Å². The summed E-state index contributed by atoms with van der Waals surface area (Å²) in [5, 5.41) is 34.0. The Morgan fingerprint density at radius 3 is 1.95 bits per heavy atom. The van der Waals surface area contributed by atoms with E-state index in [1.165, 1.54) is 10.3 Å². The van der Waals surface area contributed by atoms with Gasteiger partial charge in [0.1, 0.15) is 0 Å². The number of aromatic nitrogens is 1. The predicted molar refractivity (Wildman–Crippen MR) is 162 cm³/mol. The van der Waals surface area contributed by atoms with Crippen molar-refractivity contribution in [3.63, 3.8) is 0 Å². The fraction of sp³-hybridized carbons (Fsp3) is 0.414. The van der Waals surface area contributed by atoms with E-state index < -0.39 is 23.9 Å². The van der Waals surface area contributed by atoms with E-state index in [2.05, 4.69) is 75.6 Å². The van der Waals surface area contributed by atoms with Crippen molar-refractivity contribution in [3.8, 4) is 5.19 Å². The molecule has 1 aliphatic heterocycles. The molecule has 0 aliphatic carbocycles. The molecule has 1 fully saturated rings. The van der Waals surface area contributed by atoms with Gasteiger partial charge in [-0.2, -0.15) is 0 Å². The molecular weight excluding hydrogens is 580 g/mol. The number of rotatable bonds is 9. The minimum Gasteiger partial charge on any atom is -0.473 e. The molecule has 1 unspecified atom stereocenters. The summed E-state index contributed by atoms with van der Waals surface area (Å²) in [6, 6.07) is 17.6. The zero-order chi connectivity index (χ0) is 31.9. The Hall–Kier alpha value is -4.27. The molecule has 0 amide bonds. The Bertz CT molecular complexity index is 1290. The van der Waals surface area contributed by atoms with E-state index in [0.717, 1.165) is 62.1 Å². The summed E-state index contributed by atoms with van der Waals surface area (Å²) < 4.78 is 6.91. The minimum atomic E-state index is -1.82. The lowest BCUT2D eigenvalue weighted by atomic mass is 10.1. The van der Waals surface area contributed by atoms with Crippen LogP contribution in [0.3, 0.4) is 0 Å². The first kappa shape index (κ1) is 34.9. The maximum Gasteiger partial charge on any atom is 0.414 e. The average Bonchev–Trinajstić information content (AvgIpc) is 3.34. The van der Waals surface area contributed by atoms with Crippen molar-refractivity contribution in [2.24, 2.45) is 0 Å². The number of anilines is 1. The van der Waals surface area contributed by atoms with Crippen LogP contribution in [-0.2, 0) is 25.6 Å². The van der Waals surface area contributed by atoms with Crippen LogP contribution < -0.4 is 10.1 Å². The highest BCUT2D eigenvalue weighted by molar-refractivity contribution is 7.20. The van der Waals surface area contributed by atoms with Crippen molar-refractivity contribution in [1.82, 2.24) is 14.8 Å². The topological polar surface area (TPSA) is 190 Å². The average molecular weight is 619 g/mol. The van der Waals surface area contributed by atoms with Crippen LogP contribution >= 0.6 is 11.3 Å². The molecule has 0 radical (unpaired) electrons. The van der Waals surface area contributed by atoms with E-state index in [9.17, 15) is 0 Å². The molecule has 234 valence electrons. The molecule has 13 nitrogen and oxygen atoms in total. The van der Waals surface area contributed by atoms with Crippen molar-refractivity contribution >= 4 is 51.1 Å². The van der Waals surface area contributed by atoms with Gasteiger partial charge >= 0.3 is 23.9 Å². The van der Waals surface area contributed by atoms with E-state index in [-0.39, 0.29) is 6.10 Å². The Morgan fingerprint density at radius 1 is 0.860 bits per heavy atom. The number of hydrogen-bond donors (Lipinski definition) is 5. The standard InChI is InChI=1S/C25H34N4OS.2C2H2O4/c1-19(2)30-25-27-23-10-9-22(17-24(23)31-25)26-20(3)18-29-15-13-28(14-16-29)12-11-21-7-5-4-6-8-21;2*3-1(4)2(5)6/h4-10,17,19-20,26H,11-16,18H2,1-3H3;2*(H,3,4)(H,5,6). The summed E-state index contributed by atoms with van der Waals surface area (Å²) in [4.78, 5) is 46.1. The predicted octanol–water partition coefficient (Wildman–Crippen LogP) is 3.06. The van der Waals surface area contributed by atoms with Crippen molar-refractivity contribution in [3.05, 3.63) is 54.1 Å². The molecule has 3 aromatic rings. The van der Waals surface area contributed by atoms with Gasteiger partial charge in [0.25, 0.3) is 5.19 Å². The second-order valence-electron chi connectivity index (χ2n) is 9.97. The van der Waals surface area contributed by atoms with Gasteiger partial charge in [0, 0.05) is 51.0 Å². The lowest BCUT2D eigenvalue weighted by molar-refractivity contribution is -0.159. The third kappa shape index (κ3) is 13.5. The molecule has 2 aromatic carbocycles. The molecule has 2 heterocycles. The van der Waals surface area contributed by atoms with E-state index >= 15 is 0 Å². The first-order valence-corrected chi connectivity index (χ1v) is 14.4. The van der Waals surface area contributed by atoms with Crippen molar-refractivity contribution in [2.75, 3.05) is 44.6 Å². The maximum absolute atomic E-state index is 9.10. The van der Waals surface area contributed by atoms with Crippen molar-refractivity contribution in [1.29, 1.82) is 0 Å². The van der Waals surface area contributed by atoms with Gasteiger partial charge in [-0.3, -0.25) is 4.90 Å². The number of carbonyl (C=O) groups is 4. The van der Waals surface area contributed by atoms with Gasteiger partial charge in [0.15, 0.2) is 0 Å². The fourth-order valence-electron chi connectivity index (χ4n) is 4.09. The number of benzene rings is 2. The number of aliphatic carboxylic acids is 4. The molecule has 4 rings (SSSR count). The fourth-order valence-corrected chi connectivity index (χ4v) is 5.07. The van der Waals surface area contributed by atoms with Crippen molar-refractivity contribution < 1.29 is 44.3 Å². The van der Waals surface area contributed by atoms with Gasteiger partial charge in [-0.1, -0.05) is 41.7 Å². The molecular formula is C29H38N4O9S. The van der Waals surface area contributed by atoms with Gasteiger partial charge < -0.3 is 35.4 Å². The third-order valence-electron chi connectivity index (χ3n) is 6.04. The molecule has 1 aliphatic rings.